The minimum atomic E-state index is -0.407. The summed E-state index contributed by atoms with van der Waals surface area (Å²) in [5.74, 6) is -0.332. The molecule has 1 aromatic heterocycles. The van der Waals surface area contributed by atoms with Crippen LogP contribution in [0.4, 0.5) is 0 Å². The molecule has 3 rings (SSSR count). The number of benzene rings is 1. The first-order chi connectivity index (χ1) is 11.6. The molecule has 1 atom stereocenters. The van der Waals surface area contributed by atoms with Crippen molar-refractivity contribution >= 4 is 17.0 Å². The van der Waals surface area contributed by atoms with E-state index in [9.17, 15) is 9.59 Å². The summed E-state index contributed by atoms with van der Waals surface area (Å²) < 4.78 is 12.3. The number of carbonyl (C=O) groups is 1. The fourth-order valence-corrected chi connectivity index (χ4v) is 3.33. The molecule has 1 saturated heterocycles. The van der Waals surface area contributed by atoms with Crippen molar-refractivity contribution in [1.29, 1.82) is 0 Å². The molecule has 0 radical (unpaired) electrons. The number of nitrogens with zero attached hydrogens (tertiary/aromatic N) is 2. The Labute approximate surface area is 141 Å². The van der Waals surface area contributed by atoms with E-state index in [1.165, 1.54) is 0 Å². The van der Waals surface area contributed by atoms with Gasteiger partial charge in [0.25, 0.3) is 0 Å². The highest BCUT2D eigenvalue weighted by atomic mass is 16.5. The molecule has 1 aromatic carbocycles. The lowest BCUT2D eigenvalue weighted by Crippen LogP contribution is -2.39. The predicted molar refractivity (Wildman–Crippen MR) is 91.1 cm³/mol. The van der Waals surface area contributed by atoms with Crippen LogP contribution < -0.4 is 5.76 Å². The molecule has 1 amide bonds. The highest BCUT2D eigenvalue weighted by molar-refractivity contribution is 5.77. The van der Waals surface area contributed by atoms with E-state index in [-0.39, 0.29) is 11.9 Å². The first kappa shape index (κ1) is 16.8. The highest BCUT2D eigenvalue weighted by Crippen LogP contribution is 2.20. The number of amides is 1. The van der Waals surface area contributed by atoms with Crippen LogP contribution in [0.2, 0.25) is 0 Å². The number of carbonyl (C=O) groups excluding carboxylic acids is 1. The Balaban J connectivity index is 1.69. The van der Waals surface area contributed by atoms with Gasteiger partial charge in [0.15, 0.2) is 5.58 Å². The maximum atomic E-state index is 12.6. The molecule has 0 N–H and O–H groups in total. The van der Waals surface area contributed by atoms with Gasteiger partial charge in [-0.1, -0.05) is 6.07 Å². The van der Waals surface area contributed by atoms with Gasteiger partial charge in [0, 0.05) is 26.1 Å². The largest absolute Gasteiger partial charge is 0.419 e. The van der Waals surface area contributed by atoms with E-state index >= 15 is 0 Å². The SMILES string of the molecule is CCOC[C@@H]1CCCN1C(=O)CCn1c(=O)oc2ccc(C)cc21. The third-order valence-corrected chi connectivity index (χ3v) is 4.58. The third-order valence-electron chi connectivity index (χ3n) is 4.58. The van der Waals surface area contributed by atoms with Gasteiger partial charge in [0.05, 0.1) is 18.2 Å². The topological polar surface area (TPSA) is 64.7 Å². The number of rotatable bonds is 6. The molecule has 24 heavy (non-hydrogen) atoms. The summed E-state index contributed by atoms with van der Waals surface area (Å²) in [6, 6.07) is 5.78. The molecule has 1 aliphatic heterocycles. The molecular formula is C18H24N2O4. The van der Waals surface area contributed by atoms with Crippen LogP contribution in [0, 0.1) is 6.92 Å². The van der Waals surface area contributed by atoms with E-state index < -0.39 is 5.76 Å². The van der Waals surface area contributed by atoms with Crippen molar-refractivity contribution in [3.8, 4) is 0 Å². The Morgan fingerprint density at radius 3 is 3.04 bits per heavy atom. The molecule has 6 nitrogen and oxygen atoms in total. The average molecular weight is 332 g/mol. The van der Waals surface area contributed by atoms with Crippen LogP contribution in [-0.4, -0.2) is 41.2 Å². The van der Waals surface area contributed by atoms with Gasteiger partial charge in [0.2, 0.25) is 5.91 Å². The van der Waals surface area contributed by atoms with E-state index in [0.29, 0.717) is 31.8 Å². The van der Waals surface area contributed by atoms with Crippen molar-refractivity contribution < 1.29 is 13.9 Å². The second-order valence-corrected chi connectivity index (χ2v) is 6.28. The molecule has 0 saturated carbocycles. The number of hydrogen-bond donors (Lipinski definition) is 0. The fourth-order valence-electron chi connectivity index (χ4n) is 3.33. The Bertz CT molecular complexity index is 777. The number of likely N-dealkylation sites (tertiary alicyclic amines) is 1. The molecule has 0 aliphatic carbocycles. The van der Waals surface area contributed by atoms with Crippen LogP contribution in [0.25, 0.3) is 11.1 Å². The van der Waals surface area contributed by atoms with E-state index in [4.69, 9.17) is 9.15 Å². The Hall–Kier alpha value is -2.08. The highest BCUT2D eigenvalue weighted by Gasteiger charge is 2.28. The van der Waals surface area contributed by atoms with Crippen molar-refractivity contribution in [2.75, 3.05) is 19.8 Å². The van der Waals surface area contributed by atoms with Crippen molar-refractivity contribution in [2.24, 2.45) is 0 Å². The molecule has 0 spiro atoms. The monoisotopic (exact) mass is 332 g/mol. The third kappa shape index (κ3) is 3.38. The van der Waals surface area contributed by atoms with E-state index in [1.807, 2.05) is 30.9 Å². The van der Waals surface area contributed by atoms with E-state index in [2.05, 4.69) is 0 Å². The number of aromatic nitrogens is 1. The molecular weight excluding hydrogens is 308 g/mol. The fraction of sp³-hybridized carbons (Fsp3) is 0.556. The van der Waals surface area contributed by atoms with Crippen molar-refractivity contribution in [1.82, 2.24) is 9.47 Å². The van der Waals surface area contributed by atoms with E-state index in [0.717, 1.165) is 30.5 Å². The first-order valence-corrected chi connectivity index (χ1v) is 8.57. The standard InChI is InChI=1S/C18H24N2O4/c1-3-23-12-14-5-4-9-19(14)17(21)8-10-20-15-11-13(2)6-7-16(15)24-18(20)22/h6-7,11,14H,3-5,8-10,12H2,1-2H3/t14-/m0/s1. The molecule has 0 bridgehead atoms. The van der Waals surface area contributed by atoms with Gasteiger partial charge in [-0.3, -0.25) is 9.36 Å². The molecule has 6 heteroatoms. The molecule has 1 fully saturated rings. The van der Waals surface area contributed by atoms with Gasteiger partial charge >= 0.3 is 5.76 Å². The second kappa shape index (κ2) is 7.21. The lowest BCUT2D eigenvalue weighted by Gasteiger charge is -2.24. The van der Waals surface area contributed by atoms with Crippen molar-refractivity contribution in [3.63, 3.8) is 0 Å². The molecule has 1 aliphatic rings. The summed E-state index contributed by atoms with van der Waals surface area (Å²) in [6.45, 7) is 6.29. The zero-order chi connectivity index (χ0) is 17.1. The average Bonchev–Trinajstić information content (AvgIpc) is 3.14. The summed E-state index contributed by atoms with van der Waals surface area (Å²) in [6.07, 6.45) is 2.29. The lowest BCUT2D eigenvalue weighted by atomic mass is 10.2. The van der Waals surface area contributed by atoms with Gasteiger partial charge < -0.3 is 14.1 Å². The zero-order valence-corrected chi connectivity index (χ0v) is 14.3. The number of fused-ring (bicyclic) bond motifs is 1. The number of ether oxygens (including phenoxy) is 1. The Morgan fingerprint density at radius 1 is 1.42 bits per heavy atom. The van der Waals surface area contributed by atoms with Gasteiger partial charge in [-0.25, -0.2) is 4.79 Å². The van der Waals surface area contributed by atoms with Crippen molar-refractivity contribution in [3.05, 3.63) is 34.3 Å². The number of aryl methyl sites for hydroxylation is 2. The van der Waals surface area contributed by atoms with Crippen LogP contribution in [0.3, 0.4) is 0 Å². The Morgan fingerprint density at radius 2 is 2.25 bits per heavy atom. The summed E-state index contributed by atoms with van der Waals surface area (Å²) >= 11 is 0. The summed E-state index contributed by atoms with van der Waals surface area (Å²) in [5.41, 5.74) is 2.37. The van der Waals surface area contributed by atoms with Crippen LogP contribution >= 0.6 is 0 Å². The predicted octanol–water partition coefficient (Wildman–Crippen LogP) is 2.32. The lowest BCUT2D eigenvalue weighted by molar-refractivity contribution is -0.133. The Kier molecular flexibility index (Phi) is 5.04. The number of oxazole rings is 1. The maximum Gasteiger partial charge on any atom is 0.419 e. The van der Waals surface area contributed by atoms with Gasteiger partial charge in [-0.2, -0.15) is 0 Å². The smallest absolute Gasteiger partial charge is 0.408 e. The molecule has 0 unspecified atom stereocenters. The molecule has 2 aromatic rings. The van der Waals surface area contributed by atoms with Crippen molar-refractivity contribution in [2.45, 2.75) is 45.7 Å². The van der Waals surface area contributed by atoms with Crippen LogP contribution in [0.15, 0.2) is 27.4 Å². The maximum absolute atomic E-state index is 12.6. The molecule has 2 heterocycles. The molecule has 130 valence electrons. The number of hydrogen-bond acceptors (Lipinski definition) is 4. The van der Waals surface area contributed by atoms with Gasteiger partial charge in [-0.05, 0) is 44.4 Å². The minimum absolute atomic E-state index is 0.0751. The summed E-state index contributed by atoms with van der Waals surface area (Å²) in [4.78, 5) is 26.5. The van der Waals surface area contributed by atoms with Crippen LogP contribution in [-0.2, 0) is 16.1 Å². The van der Waals surface area contributed by atoms with E-state index in [1.54, 1.807) is 10.6 Å². The first-order valence-electron chi connectivity index (χ1n) is 8.57. The minimum Gasteiger partial charge on any atom is -0.408 e. The zero-order valence-electron chi connectivity index (χ0n) is 14.3. The summed E-state index contributed by atoms with van der Waals surface area (Å²) in [7, 11) is 0. The summed E-state index contributed by atoms with van der Waals surface area (Å²) in [5, 5.41) is 0. The van der Waals surface area contributed by atoms with Gasteiger partial charge in [-0.15, -0.1) is 0 Å². The normalized spacial score (nSPS) is 17.8. The van der Waals surface area contributed by atoms with Gasteiger partial charge in [0.1, 0.15) is 0 Å². The van der Waals surface area contributed by atoms with Crippen LogP contribution in [0.1, 0.15) is 31.7 Å². The quantitative estimate of drug-likeness (QED) is 0.814. The van der Waals surface area contributed by atoms with Crippen LogP contribution in [0.5, 0.6) is 0 Å². The second-order valence-electron chi connectivity index (χ2n) is 6.28.